The predicted molar refractivity (Wildman–Crippen MR) is 108 cm³/mol. The van der Waals surface area contributed by atoms with E-state index in [0.717, 1.165) is 11.3 Å². The van der Waals surface area contributed by atoms with Crippen LogP contribution in [0.1, 0.15) is 28.6 Å². The van der Waals surface area contributed by atoms with Crippen LogP contribution in [0, 0.1) is 0 Å². The quantitative estimate of drug-likeness (QED) is 0.631. The number of benzene rings is 2. The molecule has 1 N–H and O–H groups in total. The van der Waals surface area contributed by atoms with Gasteiger partial charge in [-0.2, -0.15) is 0 Å². The first-order chi connectivity index (χ1) is 13.6. The fraction of sp³-hybridized carbons (Fsp3) is 0.174. The molecular weight excluding hydrogens is 352 g/mol. The van der Waals surface area contributed by atoms with Crippen molar-refractivity contribution >= 4 is 11.6 Å². The maximum atomic E-state index is 13.4. The van der Waals surface area contributed by atoms with Crippen LogP contribution < -0.4 is 10.1 Å². The predicted octanol–water partition coefficient (Wildman–Crippen LogP) is 4.79. The normalized spacial score (nSPS) is 18.3. The lowest BCUT2D eigenvalue weighted by atomic mass is 9.92. The molecule has 0 saturated heterocycles. The molecule has 0 radical (unpaired) electrons. The van der Waals surface area contributed by atoms with Crippen molar-refractivity contribution in [2.75, 3.05) is 11.9 Å². The molecule has 4 rings (SSSR count). The smallest absolute Gasteiger partial charge is 0.258 e. The highest BCUT2D eigenvalue weighted by atomic mass is 16.5. The molecular formula is C23H22N2O3. The van der Waals surface area contributed by atoms with Gasteiger partial charge in [0.2, 0.25) is 0 Å². The number of hydrogen-bond acceptors (Lipinski definition) is 4. The molecule has 0 bridgehead atoms. The minimum absolute atomic E-state index is 0.0632. The highest BCUT2D eigenvalue weighted by Gasteiger charge is 2.44. The molecule has 28 heavy (non-hydrogen) atoms. The van der Waals surface area contributed by atoms with E-state index in [0.29, 0.717) is 30.2 Å². The number of anilines is 1. The monoisotopic (exact) mass is 374 g/mol. The van der Waals surface area contributed by atoms with Crippen molar-refractivity contribution in [3.8, 4) is 5.75 Å². The highest BCUT2D eigenvalue weighted by Crippen LogP contribution is 2.42. The molecule has 1 amide bonds. The van der Waals surface area contributed by atoms with E-state index in [-0.39, 0.29) is 5.91 Å². The van der Waals surface area contributed by atoms with Crippen molar-refractivity contribution in [1.29, 1.82) is 0 Å². The summed E-state index contributed by atoms with van der Waals surface area (Å²) in [5.41, 5.74) is 1.47. The number of furan rings is 1. The van der Waals surface area contributed by atoms with E-state index in [1.54, 1.807) is 17.2 Å². The number of rotatable bonds is 6. The fourth-order valence-corrected chi connectivity index (χ4v) is 3.60. The van der Waals surface area contributed by atoms with Gasteiger partial charge in [0.1, 0.15) is 23.8 Å². The Kier molecular flexibility index (Phi) is 4.65. The van der Waals surface area contributed by atoms with Gasteiger partial charge in [-0.15, -0.1) is 0 Å². The molecule has 0 fully saturated rings. The first-order valence-corrected chi connectivity index (χ1v) is 9.18. The van der Waals surface area contributed by atoms with Crippen LogP contribution in [-0.2, 0) is 12.2 Å². The summed E-state index contributed by atoms with van der Waals surface area (Å²) < 4.78 is 11.4. The molecule has 2 aromatic carbocycles. The van der Waals surface area contributed by atoms with Crippen LogP contribution in [0.4, 0.5) is 5.69 Å². The molecule has 0 spiro atoms. The van der Waals surface area contributed by atoms with Gasteiger partial charge in [0, 0.05) is 11.3 Å². The molecule has 5 heteroatoms. The average Bonchev–Trinajstić information content (AvgIpc) is 3.23. The summed E-state index contributed by atoms with van der Waals surface area (Å²) in [6, 6.07) is 19.0. The maximum absolute atomic E-state index is 13.4. The van der Waals surface area contributed by atoms with Gasteiger partial charge in [-0.3, -0.25) is 4.79 Å². The van der Waals surface area contributed by atoms with Crippen molar-refractivity contribution in [3.63, 3.8) is 0 Å². The lowest BCUT2D eigenvalue weighted by molar-refractivity contribution is 0.0481. The van der Waals surface area contributed by atoms with Gasteiger partial charge in [0.05, 0.1) is 18.4 Å². The zero-order valence-electron chi connectivity index (χ0n) is 15.7. The summed E-state index contributed by atoms with van der Waals surface area (Å²) in [4.78, 5) is 15.2. The van der Waals surface area contributed by atoms with Gasteiger partial charge in [0.25, 0.3) is 5.91 Å². The molecule has 1 unspecified atom stereocenters. The lowest BCUT2D eigenvalue weighted by Crippen LogP contribution is -2.55. The van der Waals surface area contributed by atoms with Crippen molar-refractivity contribution in [2.24, 2.45) is 0 Å². The number of carbonyl (C=O) groups excluding carboxylic acids is 1. The average molecular weight is 374 g/mol. The molecule has 3 aromatic rings. The Hall–Kier alpha value is -3.47. The van der Waals surface area contributed by atoms with Gasteiger partial charge in [-0.05, 0) is 37.3 Å². The van der Waals surface area contributed by atoms with E-state index in [1.807, 2.05) is 67.6 Å². The molecule has 142 valence electrons. The van der Waals surface area contributed by atoms with Crippen LogP contribution in [0.5, 0.6) is 5.75 Å². The summed E-state index contributed by atoms with van der Waals surface area (Å²) in [7, 11) is 0. The van der Waals surface area contributed by atoms with Gasteiger partial charge in [-0.25, -0.2) is 0 Å². The second kappa shape index (κ2) is 7.27. The van der Waals surface area contributed by atoms with E-state index in [2.05, 4.69) is 11.9 Å². The van der Waals surface area contributed by atoms with Crippen LogP contribution in [0.3, 0.4) is 0 Å². The Labute approximate surface area is 164 Å². The molecule has 1 atom stereocenters. The summed E-state index contributed by atoms with van der Waals surface area (Å²) in [6.45, 7) is 6.43. The number of hydrogen-bond donors (Lipinski definition) is 1. The standard InChI is InChI=1S/C23H22N2O3/c1-3-14-28-21-13-7-5-11-19(21)23(2)24-20-12-6-4-10-18(20)22(26)25(23)16-17-9-8-15-27-17/h3-13,15,24H,1,14,16H2,2H3. The van der Waals surface area contributed by atoms with E-state index < -0.39 is 5.66 Å². The lowest BCUT2D eigenvalue weighted by Gasteiger charge is -2.46. The SMILES string of the molecule is C=CCOc1ccccc1C1(C)Nc2ccccc2C(=O)N1Cc1ccco1. The third-order valence-corrected chi connectivity index (χ3v) is 4.98. The molecule has 1 aliphatic heterocycles. The minimum Gasteiger partial charge on any atom is -0.489 e. The third-order valence-electron chi connectivity index (χ3n) is 4.98. The molecule has 2 heterocycles. The number of nitrogens with one attached hydrogen (secondary N) is 1. The zero-order valence-corrected chi connectivity index (χ0v) is 15.7. The Bertz CT molecular complexity index is 997. The molecule has 0 saturated carbocycles. The second-order valence-corrected chi connectivity index (χ2v) is 6.81. The van der Waals surface area contributed by atoms with Crippen LogP contribution in [0.2, 0.25) is 0 Å². The van der Waals surface area contributed by atoms with Crippen molar-refractivity contribution in [2.45, 2.75) is 19.1 Å². The number of para-hydroxylation sites is 2. The molecule has 0 aliphatic carbocycles. The van der Waals surface area contributed by atoms with Crippen molar-refractivity contribution < 1.29 is 13.9 Å². The molecule has 1 aromatic heterocycles. The van der Waals surface area contributed by atoms with Crippen molar-refractivity contribution in [1.82, 2.24) is 4.90 Å². The molecule has 1 aliphatic rings. The summed E-state index contributed by atoms with van der Waals surface area (Å²) in [5, 5.41) is 3.56. The first kappa shape index (κ1) is 17.9. The Morgan fingerprint density at radius 1 is 1.14 bits per heavy atom. The van der Waals surface area contributed by atoms with E-state index in [9.17, 15) is 4.79 Å². The third kappa shape index (κ3) is 3.05. The molecule has 5 nitrogen and oxygen atoms in total. The maximum Gasteiger partial charge on any atom is 0.258 e. The fourth-order valence-electron chi connectivity index (χ4n) is 3.60. The highest BCUT2D eigenvalue weighted by molar-refractivity contribution is 6.02. The van der Waals surface area contributed by atoms with Crippen LogP contribution in [0.25, 0.3) is 0 Å². The Balaban J connectivity index is 1.84. The Morgan fingerprint density at radius 3 is 2.71 bits per heavy atom. The number of carbonyl (C=O) groups is 1. The van der Waals surface area contributed by atoms with Crippen LogP contribution >= 0.6 is 0 Å². The van der Waals surface area contributed by atoms with E-state index in [1.165, 1.54) is 0 Å². The van der Waals surface area contributed by atoms with E-state index in [4.69, 9.17) is 9.15 Å². The first-order valence-electron chi connectivity index (χ1n) is 9.18. The van der Waals surface area contributed by atoms with Gasteiger partial charge >= 0.3 is 0 Å². The van der Waals surface area contributed by atoms with Gasteiger partial charge in [-0.1, -0.05) is 43.0 Å². The number of amides is 1. The second-order valence-electron chi connectivity index (χ2n) is 6.81. The topological polar surface area (TPSA) is 54.7 Å². The summed E-state index contributed by atoms with van der Waals surface area (Å²) in [6.07, 6.45) is 3.32. The number of fused-ring (bicyclic) bond motifs is 1. The van der Waals surface area contributed by atoms with Gasteiger partial charge in [0.15, 0.2) is 0 Å². The van der Waals surface area contributed by atoms with Crippen molar-refractivity contribution in [3.05, 3.63) is 96.5 Å². The number of nitrogens with zero attached hydrogens (tertiary/aromatic N) is 1. The Morgan fingerprint density at radius 2 is 1.93 bits per heavy atom. The summed E-state index contributed by atoms with van der Waals surface area (Å²) in [5.74, 6) is 1.35. The largest absolute Gasteiger partial charge is 0.489 e. The van der Waals surface area contributed by atoms with Crippen LogP contribution in [-0.4, -0.2) is 17.4 Å². The minimum atomic E-state index is -0.823. The summed E-state index contributed by atoms with van der Waals surface area (Å²) >= 11 is 0. The number of ether oxygens (including phenoxy) is 1. The van der Waals surface area contributed by atoms with E-state index >= 15 is 0 Å². The zero-order chi connectivity index (χ0) is 19.6. The van der Waals surface area contributed by atoms with Crippen LogP contribution in [0.15, 0.2) is 84.0 Å². The van der Waals surface area contributed by atoms with Gasteiger partial charge < -0.3 is 19.4 Å².